The predicted molar refractivity (Wildman–Crippen MR) is 131 cm³/mol. The van der Waals surface area contributed by atoms with E-state index in [0.29, 0.717) is 22.3 Å². The Kier molecular flexibility index (Phi) is 6.98. The molecule has 0 saturated carbocycles. The highest BCUT2D eigenvalue weighted by molar-refractivity contribution is 7.81. The Balaban J connectivity index is 1.81. The van der Waals surface area contributed by atoms with Crippen LogP contribution >= 0.6 is 11.6 Å². The first-order valence-corrected chi connectivity index (χ1v) is 11.7. The number of aromatic nitrogens is 2. The van der Waals surface area contributed by atoms with Crippen molar-refractivity contribution in [3.05, 3.63) is 95.8 Å². The third-order valence-electron chi connectivity index (χ3n) is 5.18. The molecule has 9 heteroatoms. The van der Waals surface area contributed by atoms with Crippen molar-refractivity contribution in [1.29, 1.82) is 0 Å². The van der Waals surface area contributed by atoms with Crippen LogP contribution in [0.2, 0.25) is 0 Å². The molecule has 4 rings (SSSR count). The van der Waals surface area contributed by atoms with Crippen molar-refractivity contribution in [1.82, 2.24) is 15.3 Å². The summed E-state index contributed by atoms with van der Waals surface area (Å²) in [4.78, 5) is 21.9. The SMILES string of the molecule is CC(NC(=O)c1ccc(CCl)cc1N(c1cccc2nccnc12)S(=O)O)c1ccccc1. The third kappa shape index (κ3) is 4.88. The summed E-state index contributed by atoms with van der Waals surface area (Å²) in [5, 5.41) is 2.97. The highest BCUT2D eigenvalue weighted by Gasteiger charge is 2.25. The molecule has 7 nitrogen and oxygen atoms in total. The summed E-state index contributed by atoms with van der Waals surface area (Å²) >= 11 is 3.54. The topological polar surface area (TPSA) is 95.4 Å². The van der Waals surface area contributed by atoms with Gasteiger partial charge in [0.2, 0.25) is 0 Å². The molecule has 0 fully saturated rings. The standard InChI is InChI=1S/C24H21ClN4O3S/c1-16(18-6-3-2-4-7-18)28-24(30)19-11-10-17(15-25)14-22(19)29(33(31)32)21-9-5-8-20-23(21)27-13-12-26-20/h2-14,16H,15H2,1H3,(H,28,30)(H,31,32). The van der Waals surface area contributed by atoms with Gasteiger partial charge in [-0.2, -0.15) is 0 Å². The van der Waals surface area contributed by atoms with Crippen LogP contribution in [0.5, 0.6) is 0 Å². The zero-order valence-electron chi connectivity index (χ0n) is 17.7. The van der Waals surface area contributed by atoms with Gasteiger partial charge in [-0.3, -0.25) is 19.3 Å². The Bertz CT molecular complexity index is 1310. The van der Waals surface area contributed by atoms with Crippen LogP contribution in [0.1, 0.15) is 34.5 Å². The largest absolute Gasteiger partial charge is 0.345 e. The monoisotopic (exact) mass is 480 g/mol. The molecule has 2 unspecified atom stereocenters. The molecule has 1 heterocycles. The van der Waals surface area contributed by atoms with E-state index < -0.39 is 11.3 Å². The van der Waals surface area contributed by atoms with Gasteiger partial charge in [-0.1, -0.05) is 42.5 Å². The zero-order valence-corrected chi connectivity index (χ0v) is 19.3. The van der Waals surface area contributed by atoms with E-state index in [0.717, 1.165) is 9.87 Å². The number of nitrogens with zero attached hydrogens (tertiary/aromatic N) is 3. The number of hydrogen-bond donors (Lipinski definition) is 2. The van der Waals surface area contributed by atoms with Gasteiger partial charge >= 0.3 is 0 Å². The fourth-order valence-corrected chi connectivity index (χ4v) is 4.36. The lowest BCUT2D eigenvalue weighted by atomic mass is 10.1. The maximum atomic E-state index is 13.3. The van der Waals surface area contributed by atoms with Crippen LogP contribution in [0.25, 0.3) is 11.0 Å². The van der Waals surface area contributed by atoms with E-state index in [4.69, 9.17) is 11.6 Å². The summed E-state index contributed by atoms with van der Waals surface area (Å²) in [5.74, 6) is -0.208. The number of carbonyl (C=O) groups excluding carboxylic acids is 1. The number of hydrogen-bond acceptors (Lipinski definition) is 4. The second kappa shape index (κ2) is 10.1. The van der Waals surface area contributed by atoms with Crippen LogP contribution in [-0.4, -0.2) is 24.6 Å². The van der Waals surface area contributed by atoms with Crippen LogP contribution in [-0.2, 0) is 17.1 Å². The number of rotatable bonds is 7. The summed E-state index contributed by atoms with van der Waals surface area (Å²) in [6.45, 7) is 1.88. The van der Waals surface area contributed by atoms with E-state index in [9.17, 15) is 13.6 Å². The van der Waals surface area contributed by atoms with Crippen molar-refractivity contribution in [2.45, 2.75) is 18.8 Å². The normalized spacial score (nSPS) is 12.8. The van der Waals surface area contributed by atoms with Crippen LogP contribution in [0.3, 0.4) is 0 Å². The average Bonchev–Trinajstić information content (AvgIpc) is 2.84. The van der Waals surface area contributed by atoms with E-state index in [1.165, 1.54) is 6.20 Å². The molecule has 3 aromatic carbocycles. The van der Waals surface area contributed by atoms with E-state index in [1.807, 2.05) is 37.3 Å². The van der Waals surface area contributed by atoms with Gasteiger partial charge in [-0.15, -0.1) is 11.6 Å². The Morgan fingerprint density at radius 3 is 2.55 bits per heavy atom. The second-order valence-corrected chi connectivity index (χ2v) is 8.41. The molecule has 33 heavy (non-hydrogen) atoms. The van der Waals surface area contributed by atoms with E-state index in [-0.39, 0.29) is 29.1 Å². The molecule has 0 spiro atoms. The lowest BCUT2D eigenvalue weighted by Crippen LogP contribution is -2.29. The van der Waals surface area contributed by atoms with Gasteiger partial charge in [-0.05, 0) is 42.3 Å². The lowest BCUT2D eigenvalue weighted by Gasteiger charge is -2.24. The number of amides is 1. The van der Waals surface area contributed by atoms with Crippen molar-refractivity contribution in [2.75, 3.05) is 4.31 Å². The van der Waals surface area contributed by atoms with Gasteiger partial charge in [0.25, 0.3) is 17.2 Å². The molecule has 0 bridgehead atoms. The highest BCUT2D eigenvalue weighted by Crippen LogP contribution is 2.35. The minimum Gasteiger partial charge on any atom is -0.345 e. The molecule has 168 valence electrons. The van der Waals surface area contributed by atoms with Crippen molar-refractivity contribution < 1.29 is 13.6 Å². The first kappa shape index (κ1) is 22.8. The average molecular weight is 481 g/mol. The zero-order chi connectivity index (χ0) is 23.4. The minimum atomic E-state index is -2.50. The van der Waals surface area contributed by atoms with E-state index in [1.54, 1.807) is 42.6 Å². The summed E-state index contributed by atoms with van der Waals surface area (Å²) in [5.41, 5.74) is 3.45. The van der Waals surface area contributed by atoms with Gasteiger partial charge in [0.15, 0.2) is 0 Å². The number of carbonyl (C=O) groups is 1. The van der Waals surface area contributed by atoms with Crippen LogP contribution in [0.4, 0.5) is 11.4 Å². The summed E-state index contributed by atoms with van der Waals surface area (Å²) in [6.07, 6.45) is 3.05. The molecule has 2 N–H and O–H groups in total. The molecule has 1 amide bonds. The van der Waals surface area contributed by atoms with Gasteiger partial charge in [0.05, 0.1) is 28.5 Å². The van der Waals surface area contributed by atoms with Crippen LogP contribution < -0.4 is 9.62 Å². The minimum absolute atomic E-state index is 0.177. The Labute approximate surface area is 198 Å². The van der Waals surface area contributed by atoms with Crippen LogP contribution in [0.15, 0.2) is 79.1 Å². The predicted octanol–water partition coefficient (Wildman–Crippen LogP) is 5.13. The van der Waals surface area contributed by atoms with E-state index in [2.05, 4.69) is 15.3 Å². The fourth-order valence-electron chi connectivity index (χ4n) is 3.56. The van der Waals surface area contributed by atoms with Crippen molar-refractivity contribution >= 4 is 51.2 Å². The Hall–Kier alpha value is -3.33. The smallest absolute Gasteiger partial charge is 0.266 e. The number of anilines is 2. The molecule has 0 aliphatic rings. The van der Waals surface area contributed by atoms with Gasteiger partial charge in [0, 0.05) is 18.3 Å². The Morgan fingerprint density at radius 1 is 1.06 bits per heavy atom. The number of nitrogens with one attached hydrogen (secondary N) is 1. The maximum Gasteiger partial charge on any atom is 0.266 e. The first-order chi connectivity index (χ1) is 16.0. The summed E-state index contributed by atoms with van der Waals surface area (Å²) in [6, 6.07) is 19.4. The first-order valence-electron chi connectivity index (χ1n) is 10.1. The fraction of sp³-hybridized carbons (Fsp3) is 0.125. The summed E-state index contributed by atoms with van der Waals surface area (Å²) < 4.78 is 24.0. The maximum absolute atomic E-state index is 13.3. The number of benzene rings is 3. The third-order valence-corrected chi connectivity index (χ3v) is 6.19. The molecule has 0 saturated heterocycles. The van der Waals surface area contributed by atoms with Crippen molar-refractivity contribution in [2.24, 2.45) is 0 Å². The van der Waals surface area contributed by atoms with Crippen molar-refractivity contribution in [3.63, 3.8) is 0 Å². The molecular weight excluding hydrogens is 460 g/mol. The quantitative estimate of drug-likeness (QED) is 0.282. The molecule has 1 aromatic heterocycles. The molecular formula is C24H21ClN4O3S. The number of alkyl halides is 1. The Morgan fingerprint density at radius 2 is 1.82 bits per heavy atom. The van der Waals surface area contributed by atoms with E-state index >= 15 is 0 Å². The second-order valence-electron chi connectivity index (χ2n) is 7.32. The lowest BCUT2D eigenvalue weighted by molar-refractivity contribution is 0.0940. The summed E-state index contributed by atoms with van der Waals surface area (Å²) in [7, 11) is 0. The molecule has 0 aliphatic heterocycles. The number of para-hydroxylation sites is 1. The van der Waals surface area contributed by atoms with Gasteiger partial charge in [-0.25, -0.2) is 8.51 Å². The van der Waals surface area contributed by atoms with Crippen LogP contribution in [0, 0.1) is 0 Å². The van der Waals surface area contributed by atoms with Crippen molar-refractivity contribution in [3.8, 4) is 0 Å². The highest BCUT2D eigenvalue weighted by atomic mass is 35.5. The molecule has 0 aliphatic carbocycles. The van der Waals surface area contributed by atoms with Gasteiger partial charge in [0.1, 0.15) is 5.52 Å². The number of fused-ring (bicyclic) bond motifs is 1. The molecule has 2 atom stereocenters. The molecule has 0 radical (unpaired) electrons. The van der Waals surface area contributed by atoms with Gasteiger partial charge < -0.3 is 5.32 Å². The number of halogens is 1. The molecule has 4 aromatic rings.